The highest BCUT2D eigenvalue weighted by molar-refractivity contribution is 6.30. The Balaban J connectivity index is 1.91. The summed E-state index contributed by atoms with van der Waals surface area (Å²) >= 11 is 5.90. The monoisotopic (exact) mass is 237 g/mol. The molecule has 88 valence electrons. The SMILES string of the molecule is NCCC1CCC(c2ccc(Cl)cc2)CC1. The lowest BCUT2D eigenvalue weighted by atomic mass is 9.77. The molecule has 1 aliphatic rings. The van der Waals surface area contributed by atoms with E-state index in [4.69, 9.17) is 17.3 Å². The molecule has 2 heteroatoms. The average Bonchev–Trinajstić information content (AvgIpc) is 2.32. The van der Waals surface area contributed by atoms with Gasteiger partial charge in [0.1, 0.15) is 0 Å². The van der Waals surface area contributed by atoms with Crippen molar-refractivity contribution in [2.24, 2.45) is 11.7 Å². The Morgan fingerprint density at radius 3 is 2.25 bits per heavy atom. The predicted octanol–water partition coefficient (Wildman–Crippen LogP) is 3.96. The van der Waals surface area contributed by atoms with Crippen LogP contribution in [0.3, 0.4) is 0 Å². The summed E-state index contributed by atoms with van der Waals surface area (Å²) in [6, 6.07) is 8.36. The summed E-state index contributed by atoms with van der Waals surface area (Å²) < 4.78 is 0. The molecule has 0 heterocycles. The van der Waals surface area contributed by atoms with Crippen molar-refractivity contribution >= 4 is 11.6 Å². The highest BCUT2D eigenvalue weighted by atomic mass is 35.5. The van der Waals surface area contributed by atoms with Gasteiger partial charge in [-0.1, -0.05) is 23.7 Å². The minimum absolute atomic E-state index is 0.742. The Labute approximate surface area is 103 Å². The predicted molar refractivity (Wildman–Crippen MR) is 69.8 cm³/mol. The summed E-state index contributed by atoms with van der Waals surface area (Å²) in [5.41, 5.74) is 7.06. The number of hydrogen-bond donors (Lipinski definition) is 1. The van der Waals surface area contributed by atoms with E-state index in [2.05, 4.69) is 12.1 Å². The van der Waals surface area contributed by atoms with Crippen LogP contribution in [0, 0.1) is 5.92 Å². The van der Waals surface area contributed by atoms with Crippen LogP contribution in [0.25, 0.3) is 0 Å². The molecule has 1 aromatic carbocycles. The first-order valence-electron chi connectivity index (χ1n) is 6.25. The summed E-state index contributed by atoms with van der Waals surface area (Å²) in [4.78, 5) is 0. The van der Waals surface area contributed by atoms with Crippen molar-refractivity contribution < 1.29 is 0 Å². The second-order valence-electron chi connectivity index (χ2n) is 4.85. The third-order valence-electron chi connectivity index (χ3n) is 3.76. The van der Waals surface area contributed by atoms with Gasteiger partial charge in [-0.05, 0) is 68.2 Å². The zero-order valence-electron chi connectivity index (χ0n) is 9.66. The fourth-order valence-electron chi connectivity index (χ4n) is 2.76. The van der Waals surface area contributed by atoms with E-state index in [1.807, 2.05) is 12.1 Å². The van der Waals surface area contributed by atoms with Crippen LogP contribution in [0.2, 0.25) is 5.02 Å². The molecular formula is C14H20ClN. The number of benzene rings is 1. The zero-order chi connectivity index (χ0) is 11.4. The minimum atomic E-state index is 0.742. The molecule has 0 saturated heterocycles. The summed E-state index contributed by atoms with van der Waals surface area (Å²) in [5, 5.41) is 0.834. The Bertz CT molecular complexity index is 312. The topological polar surface area (TPSA) is 26.0 Å². The standard InChI is InChI=1S/C14H20ClN/c15-14-7-5-13(6-8-14)12-3-1-11(2-4-12)9-10-16/h5-8,11-12H,1-4,9-10,16H2. The Morgan fingerprint density at radius 1 is 1.06 bits per heavy atom. The third kappa shape index (κ3) is 2.99. The highest BCUT2D eigenvalue weighted by Crippen LogP contribution is 2.36. The first-order chi connectivity index (χ1) is 7.79. The van der Waals surface area contributed by atoms with Gasteiger partial charge in [0.2, 0.25) is 0 Å². The third-order valence-corrected chi connectivity index (χ3v) is 4.02. The molecule has 2 N–H and O–H groups in total. The van der Waals surface area contributed by atoms with Gasteiger partial charge >= 0.3 is 0 Å². The summed E-state index contributed by atoms with van der Waals surface area (Å²) in [6.45, 7) is 0.844. The van der Waals surface area contributed by atoms with Gasteiger partial charge < -0.3 is 5.73 Å². The van der Waals surface area contributed by atoms with Crippen molar-refractivity contribution in [2.45, 2.75) is 38.0 Å². The molecule has 2 rings (SSSR count). The lowest BCUT2D eigenvalue weighted by Gasteiger charge is -2.28. The van der Waals surface area contributed by atoms with Gasteiger partial charge in [-0.15, -0.1) is 0 Å². The summed E-state index contributed by atoms with van der Waals surface area (Å²) in [7, 11) is 0. The first kappa shape index (κ1) is 11.9. The molecule has 0 radical (unpaired) electrons. The van der Waals surface area contributed by atoms with Crippen LogP contribution in [0.5, 0.6) is 0 Å². The molecule has 0 amide bonds. The van der Waals surface area contributed by atoms with E-state index in [1.165, 1.54) is 37.7 Å². The Morgan fingerprint density at radius 2 is 1.69 bits per heavy atom. The van der Waals surface area contributed by atoms with Crippen molar-refractivity contribution in [3.8, 4) is 0 Å². The molecule has 0 unspecified atom stereocenters. The van der Waals surface area contributed by atoms with E-state index in [0.717, 1.165) is 23.4 Å². The molecule has 1 aliphatic carbocycles. The van der Waals surface area contributed by atoms with E-state index in [-0.39, 0.29) is 0 Å². The van der Waals surface area contributed by atoms with Crippen molar-refractivity contribution in [2.75, 3.05) is 6.54 Å². The average molecular weight is 238 g/mol. The van der Waals surface area contributed by atoms with Gasteiger partial charge in [-0.3, -0.25) is 0 Å². The minimum Gasteiger partial charge on any atom is -0.330 e. The van der Waals surface area contributed by atoms with Gasteiger partial charge in [0.15, 0.2) is 0 Å². The lowest BCUT2D eigenvalue weighted by molar-refractivity contribution is 0.313. The fourth-order valence-corrected chi connectivity index (χ4v) is 2.88. The van der Waals surface area contributed by atoms with Crippen LogP contribution in [-0.4, -0.2) is 6.54 Å². The van der Waals surface area contributed by atoms with Gasteiger partial charge in [-0.2, -0.15) is 0 Å². The summed E-state index contributed by atoms with van der Waals surface area (Å²) in [6.07, 6.45) is 6.50. The maximum atomic E-state index is 5.90. The number of halogens is 1. The molecule has 16 heavy (non-hydrogen) atoms. The smallest absolute Gasteiger partial charge is 0.0406 e. The fraction of sp³-hybridized carbons (Fsp3) is 0.571. The van der Waals surface area contributed by atoms with E-state index < -0.39 is 0 Å². The lowest BCUT2D eigenvalue weighted by Crippen LogP contribution is -2.16. The van der Waals surface area contributed by atoms with Gasteiger partial charge in [0.25, 0.3) is 0 Å². The Kier molecular flexibility index (Phi) is 4.25. The van der Waals surface area contributed by atoms with Crippen LogP contribution in [0.15, 0.2) is 24.3 Å². The maximum Gasteiger partial charge on any atom is 0.0406 e. The molecule has 1 nitrogen and oxygen atoms in total. The van der Waals surface area contributed by atoms with Crippen LogP contribution in [0.1, 0.15) is 43.6 Å². The molecule has 0 atom stereocenters. The number of nitrogens with two attached hydrogens (primary N) is 1. The van der Waals surface area contributed by atoms with E-state index in [0.29, 0.717) is 0 Å². The number of hydrogen-bond acceptors (Lipinski definition) is 1. The van der Waals surface area contributed by atoms with Crippen molar-refractivity contribution in [1.82, 2.24) is 0 Å². The van der Waals surface area contributed by atoms with E-state index in [1.54, 1.807) is 0 Å². The first-order valence-corrected chi connectivity index (χ1v) is 6.63. The van der Waals surface area contributed by atoms with Crippen LogP contribution >= 0.6 is 11.6 Å². The number of rotatable bonds is 3. The zero-order valence-corrected chi connectivity index (χ0v) is 10.4. The van der Waals surface area contributed by atoms with Crippen LogP contribution in [0.4, 0.5) is 0 Å². The van der Waals surface area contributed by atoms with Gasteiger partial charge in [-0.25, -0.2) is 0 Å². The molecular weight excluding hydrogens is 218 g/mol. The molecule has 0 bridgehead atoms. The molecule has 0 aliphatic heterocycles. The quantitative estimate of drug-likeness (QED) is 0.846. The van der Waals surface area contributed by atoms with Crippen molar-refractivity contribution in [3.63, 3.8) is 0 Å². The largest absolute Gasteiger partial charge is 0.330 e. The highest BCUT2D eigenvalue weighted by Gasteiger charge is 2.21. The normalized spacial score (nSPS) is 25.6. The molecule has 1 aromatic rings. The molecule has 0 aromatic heterocycles. The molecule has 1 saturated carbocycles. The van der Waals surface area contributed by atoms with Crippen LogP contribution in [-0.2, 0) is 0 Å². The summed E-state index contributed by atoms with van der Waals surface area (Å²) in [5.74, 6) is 1.61. The van der Waals surface area contributed by atoms with E-state index >= 15 is 0 Å². The second kappa shape index (κ2) is 5.70. The molecule has 0 spiro atoms. The van der Waals surface area contributed by atoms with Crippen molar-refractivity contribution in [1.29, 1.82) is 0 Å². The second-order valence-corrected chi connectivity index (χ2v) is 5.28. The van der Waals surface area contributed by atoms with Crippen molar-refractivity contribution in [3.05, 3.63) is 34.9 Å². The van der Waals surface area contributed by atoms with E-state index in [9.17, 15) is 0 Å². The molecule has 1 fully saturated rings. The van der Waals surface area contributed by atoms with Crippen LogP contribution < -0.4 is 5.73 Å². The Hall–Kier alpha value is -0.530. The van der Waals surface area contributed by atoms with Gasteiger partial charge in [0, 0.05) is 5.02 Å². The van der Waals surface area contributed by atoms with Gasteiger partial charge in [0.05, 0.1) is 0 Å². The maximum absolute atomic E-state index is 5.90.